The topological polar surface area (TPSA) is 48.5 Å². The van der Waals surface area contributed by atoms with E-state index < -0.39 is 0 Å². The fourth-order valence-electron chi connectivity index (χ4n) is 4.93. The van der Waals surface area contributed by atoms with Gasteiger partial charge in [0.25, 0.3) is 5.91 Å². The molecule has 2 saturated heterocycles. The van der Waals surface area contributed by atoms with Crippen molar-refractivity contribution in [1.29, 1.82) is 0 Å². The lowest BCUT2D eigenvalue weighted by atomic mass is 9.83. The lowest BCUT2D eigenvalue weighted by molar-refractivity contribution is 0.0175. The van der Waals surface area contributed by atoms with Gasteiger partial charge in [0.2, 0.25) is 0 Å². The van der Waals surface area contributed by atoms with E-state index in [1.165, 1.54) is 37.8 Å². The number of carbonyl (C=O) groups excluding carboxylic acids is 1. The van der Waals surface area contributed by atoms with Crippen LogP contribution >= 0.6 is 0 Å². The van der Waals surface area contributed by atoms with E-state index in [-0.39, 0.29) is 5.91 Å². The summed E-state index contributed by atoms with van der Waals surface area (Å²) in [6, 6.07) is 15.8. The molecule has 1 saturated carbocycles. The zero-order chi connectivity index (χ0) is 19.6. The standard InChI is InChI=1S/C24H30N4O/c29-24(19-8-11-23(25-15-19)26-21-9-10-21)28-14-12-22-20(17-28)7-4-13-27(22)16-18-5-2-1-3-6-18/h1-3,5-6,8,11,15,20-22H,4,7,9-10,12-14,16-17H2,(H,25,26)/t20-,22-/m0/s1. The van der Waals surface area contributed by atoms with E-state index in [9.17, 15) is 4.79 Å². The van der Waals surface area contributed by atoms with Gasteiger partial charge in [-0.15, -0.1) is 0 Å². The number of nitrogens with one attached hydrogen (secondary N) is 1. The molecular formula is C24H30N4O. The molecule has 0 radical (unpaired) electrons. The van der Waals surface area contributed by atoms with Crippen molar-refractivity contribution < 1.29 is 4.79 Å². The average Bonchev–Trinajstić information content (AvgIpc) is 3.58. The summed E-state index contributed by atoms with van der Waals surface area (Å²) in [6.45, 7) is 3.91. The summed E-state index contributed by atoms with van der Waals surface area (Å²) >= 11 is 0. The first-order valence-corrected chi connectivity index (χ1v) is 11.1. The van der Waals surface area contributed by atoms with E-state index in [1.807, 2.05) is 12.1 Å². The van der Waals surface area contributed by atoms with Gasteiger partial charge in [0.1, 0.15) is 5.82 Å². The first kappa shape index (κ1) is 18.6. The fourth-order valence-corrected chi connectivity index (χ4v) is 4.93. The van der Waals surface area contributed by atoms with Gasteiger partial charge in [0, 0.05) is 37.9 Å². The highest BCUT2D eigenvalue weighted by Crippen LogP contribution is 2.32. The monoisotopic (exact) mass is 390 g/mol. The second-order valence-electron chi connectivity index (χ2n) is 8.82. The van der Waals surface area contributed by atoms with Crippen LogP contribution in [0, 0.1) is 5.92 Å². The smallest absolute Gasteiger partial charge is 0.255 e. The maximum absolute atomic E-state index is 13.0. The third-order valence-corrected chi connectivity index (χ3v) is 6.64. The number of anilines is 1. The molecular weight excluding hydrogens is 360 g/mol. The number of amides is 1. The number of hydrogen-bond acceptors (Lipinski definition) is 4. The first-order valence-electron chi connectivity index (χ1n) is 11.1. The number of benzene rings is 1. The molecule has 1 aliphatic carbocycles. The SMILES string of the molecule is O=C(c1ccc(NC2CC2)nc1)N1CC[C@H]2[C@@H](CCCN2Cc2ccccc2)C1. The van der Waals surface area contributed by atoms with Gasteiger partial charge in [-0.1, -0.05) is 30.3 Å². The predicted octanol–water partition coefficient (Wildman–Crippen LogP) is 3.78. The number of piperidine rings is 2. The maximum Gasteiger partial charge on any atom is 0.255 e. The summed E-state index contributed by atoms with van der Waals surface area (Å²) in [5.74, 6) is 1.59. The summed E-state index contributed by atoms with van der Waals surface area (Å²) in [5.41, 5.74) is 2.10. The number of likely N-dealkylation sites (tertiary alicyclic amines) is 2. The third-order valence-electron chi connectivity index (χ3n) is 6.64. The number of rotatable bonds is 5. The molecule has 5 heteroatoms. The highest BCUT2D eigenvalue weighted by molar-refractivity contribution is 5.94. The van der Waals surface area contributed by atoms with Crippen LogP contribution in [0.2, 0.25) is 0 Å². The summed E-state index contributed by atoms with van der Waals surface area (Å²) in [7, 11) is 0. The molecule has 2 aromatic rings. The maximum atomic E-state index is 13.0. The molecule has 0 spiro atoms. The minimum atomic E-state index is 0.133. The number of carbonyl (C=O) groups is 1. The van der Waals surface area contributed by atoms with Gasteiger partial charge < -0.3 is 10.2 Å². The molecule has 1 aromatic carbocycles. The summed E-state index contributed by atoms with van der Waals surface area (Å²) in [5, 5.41) is 3.38. The molecule has 29 heavy (non-hydrogen) atoms. The van der Waals surface area contributed by atoms with Crippen molar-refractivity contribution in [3.05, 3.63) is 59.8 Å². The molecule has 152 valence electrons. The molecule has 2 aliphatic heterocycles. The largest absolute Gasteiger partial charge is 0.367 e. The molecule has 0 unspecified atom stereocenters. The minimum absolute atomic E-state index is 0.133. The molecule has 3 aliphatic rings. The third kappa shape index (κ3) is 4.30. The Kier molecular flexibility index (Phi) is 5.23. The number of aromatic nitrogens is 1. The Bertz CT molecular complexity index is 834. The molecule has 1 amide bonds. The Morgan fingerprint density at radius 2 is 1.90 bits per heavy atom. The quantitative estimate of drug-likeness (QED) is 0.844. The van der Waals surface area contributed by atoms with E-state index in [0.29, 0.717) is 23.6 Å². The van der Waals surface area contributed by atoms with Crippen molar-refractivity contribution in [2.45, 2.75) is 50.7 Å². The predicted molar refractivity (Wildman–Crippen MR) is 115 cm³/mol. The highest BCUT2D eigenvalue weighted by Gasteiger charge is 2.37. The van der Waals surface area contributed by atoms with E-state index in [0.717, 1.165) is 31.9 Å². The van der Waals surface area contributed by atoms with Crippen molar-refractivity contribution in [2.24, 2.45) is 5.92 Å². The van der Waals surface area contributed by atoms with Crippen molar-refractivity contribution in [1.82, 2.24) is 14.8 Å². The highest BCUT2D eigenvalue weighted by atomic mass is 16.2. The zero-order valence-electron chi connectivity index (χ0n) is 17.0. The number of fused-ring (bicyclic) bond motifs is 1. The van der Waals surface area contributed by atoms with Crippen LogP contribution < -0.4 is 5.32 Å². The summed E-state index contributed by atoms with van der Waals surface area (Å²) in [4.78, 5) is 22.2. The summed E-state index contributed by atoms with van der Waals surface area (Å²) < 4.78 is 0. The number of pyridine rings is 1. The fraction of sp³-hybridized carbons (Fsp3) is 0.500. The van der Waals surface area contributed by atoms with Gasteiger partial charge in [0.05, 0.1) is 5.56 Å². The lowest BCUT2D eigenvalue weighted by Gasteiger charge is -2.47. The molecule has 2 atom stereocenters. The molecule has 3 fully saturated rings. The minimum Gasteiger partial charge on any atom is -0.367 e. The Morgan fingerprint density at radius 1 is 1.03 bits per heavy atom. The van der Waals surface area contributed by atoms with Crippen molar-refractivity contribution >= 4 is 11.7 Å². The first-order chi connectivity index (χ1) is 14.3. The summed E-state index contributed by atoms with van der Waals surface area (Å²) in [6.07, 6.45) is 7.70. The second-order valence-corrected chi connectivity index (χ2v) is 8.82. The van der Waals surface area contributed by atoms with Crippen molar-refractivity contribution in [3.63, 3.8) is 0 Å². The van der Waals surface area contributed by atoms with Crippen molar-refractivity contribution in [2.75, 3.05) is 25.0 Å². The van der Waals surface area contributed by atoms with Crippen LogP contribution in [0.1, 0.15) is 48.0 Å². The van der Waals surface area contributed by atoms with Crippen LogP contribution in [0.5, 0.6) is 0 Å². The molecule has 3 heterocycles. The van der Waals surface area contributed by atoms with Gasteiger partial charge in [0.15, 0.2) is 0 Å². The van der Waals surface area contributed by atoms with Gasteiger partial charge in [-0.05, 0) is 62.3 Å². The van der Waals surface area contributed by atoms with Crippen LogP contribution in [0.25, 0.3) is 0 Å². The van der Waals surface area contributed by atoms with E-state index >= 15 is 0 Å². The zero-order valence-corrected chi connectivity index (χ0v) is 17.0. The van der Waals surface area contributed by atoms with Crippen LogP contribution in [-0.2, 0) is 6.54 Å². The van der Waals surface area contributed by atoms with Crippen LogP contribution in [-0.4, -0.2) is 52.4 Å². The number of hydrogen-bond donors (Lipinski definition) is 1. The van der Waals surface area contributed by atoms with E-state index in [4.69, 9.17) is 0 Å². The molecule has 0 bridgehead atoms. The molecule has 5 nitrogen and oxygen atoms in total. The molecule has 1 N–H and O–H groups in total. The van der Waals surface area contributed by atoms with Gasteiger partial charge >= 0.3 is 0 Å². The Labute approximate surface area is 173 Å². The van der Waals surface area contributed by atoms with E-state index in [2.05, 4.69) is 50.4 Å². The van der Waals surface area contributed by atoms with E-state index in [1.54, 1.807) is 6.20 Å². The Hall–Kier alpha value is -2.40. The van der Waals surface area contributed by atoms with Crippen LogP contribution in [0.4, 0.5) is 5.82 Å². The Morgan fingerprint density at radius 3 is 2.66 bits per heavy atom. The molecule has 1 aromatic heterocycles. The van der Waals surface area contributed by atoms with Crippen LogP contribution in [0.3, 0.4) is 0 Å². The lowest BCUT2D eigenvalue weighted by Crippen LogP contribution is -2.54. The Balaban J connectivity index is 1.21. The average molecular weight is 391 g/mol. The van der Waals surface area contributed by atoms with Gasteiger partial charge in [-0.3, -0.25) is 9.69 Å². The van der Waals surface area contributed by atoms with Gasteiger partial charge in [-0.25, -0.2) is 4.98 Å². The van der Waals surface area contributed by atoms with Crippen LogP contribution in [0.15, 0.2) is 48.7 Å². The van der Waals surface area contributed by atoms with Gasteiger partial charge in [-0.2, -0.15) is 0 Å². The molecule has 5 rings (SSSR count). The number of nitrogens with zero attached hydrogens (tertiary/aromatic N) is 3. The normalized spacial score (nSPS) is 24.8. The van der Waals surface area contributed by atoms with Crippen molar-refractivity contribution in [3.8, 4) is 0 Å². The second kappa shape index (κ2) is 8.15.